The molecule has 7 nitrogen and oxygen atoms in total. The van der Waals surface area contributed by atoms with Gasteiger partial charge in [-0.2, -0.15) is 0 Å². The summed E-state index contributed by atoms with van der Waals surface area (Å²) < 4.78 is 0. The molecule has 1 amide bonds. The van der Waals surface area contributed by atoms with Crippen LogP contribution in [0, 0.1) is 0 Å². The molecule has 1 aromatic heterocycles. The summed E-state index contributed by atoms with van der Waals surface area (Å²) in [5.74, 6) is -2.58. The van der Waals surface area contributed by atoms with Crippen LogP contribution in [-0.2, 0) is 16.6 Å². The number of nitrogens with one attached hydrogen (secondary N) is 1. The largest absolute Gasteiger partial charge is 0.478 e. The molecule has 132 valence electrons. The van der Waals surface area contributed by atoms with Gasteiger partial charge in [0.2, 0.25) is 5.91 Å². The molecule has 0 saturated carbocycles. The number of anilines is 1. The zero-order chi connectivity index (χ0) is 18.8. The summed E-state index contributed by atoms with van der Waals surface area (Å²) in [5.41, 5.74) is 0.455. The SMILES string of the molecule is CC(C)(C)c1nc(CC(=O)Nc2ccc(C(=O)O)cc2)c(C(=O)O)s1. The zero-order valence-electron chi connectivity index (χ0n) is 14.0. The molecular formula is C17H18N2O5S. The van der Waals surface area contributed by atoms with Crippen LogP contribution in [0.15, 0.2) is 24.3 Å². The number of aromatic carboxylic acids is 2. The molecule has 25 heavy (non-hydrogen) atoms. The number of hydrogen-bond donors (Lipinski definition) is 3. The minimum Gasteiger partial charge on any atom is -0.478 e. The van der Waals surface area contributed by atoms with Crippen LogP contribution >= 0.6 is 11.3 Å². The van der Waals surface area contributed by atoms with E-state index < -0.39 is 17.8 Å². The number of benzene rings is 1. The van der Waals surface area contributed by atoms with Crippen molar-refractivity contribution in [2.75, 3.05) is 5.32 Å². The zero-order valence-corrected chi connectivity index (χ0v) is 14.8. The highest BCUT2D eigenvalue weighted by Gasteiger charge is 2.25. The average molecular weight is 362 g/mol. The van der Waals surface area contributed by atoms with Gasteiger partial charge in [0.05, 0.1) is 22.7 Å². The summed E-state index contributed by atoms with van der Waals surface area (Å²) in [6.07, 6.45) is -0.172. The number of rotatable bonds is 5. The van der Waals surface area contributed by atoms with Crippen molar-refractivity contribution in [3.05, 3.63) is 45.4 Å². The first-order chi connectivity index (χ1) is 11.6. The van der Waals surface area contributed by atoms with E-state index >= 15 is 0 Å². The fourth-order valence-electron chi connectivity index (χ4n) is 2.01. The molecule has 1 heterocycles. The van der Waals surface area contributed by atoms with Crippen molar-refractivity contribution in [1.82, 2.24) is 4.98 Å². The summed E-state index contributed by atoms with van der Waals surface area (Å²) in [5, 5.41) is 21.4. The number of nitrogens with zero attached hydrogens (tertiary/aromatic N) is 1. The Kier molecular flexibility index (Phi) is 5.22. The van der Waals surface area contributed by atoms with Crippen molar-refractivity contribution in [2.45, 2.75) is 32.6 Å². The molecule has 0 bridgehead atoms. The molecule has 0 aliphatic carbocycles. The van der Waals surface area contributed by atoms with Crippen molar-refractivity contribution < 1.29 is 24.6 Å². The molecule has 0 aliphatic rings. The molecule has 1 aromatic carbocycles. The van der Waals surface area contributed by atoms with Crippen LogP contribution in [0.5, 0.6) is 0 Å². The van der Waals surface area contributed by atoms with Crippen molar-refractivity contribution in [2.24, 2.45) is 0 Å². The quantitative estimate of drug-likeness (QED) is 0.753. The Morgan fingerprint density at radius 2 is 1.68 bits per heavy atom. The Morgan fingerprint density at radius 3 is 2.16 bits per heavy atom. The Hall–Kier alpha value is -2.74. The van der Waals surface area contributed by atoms with Crippen LogP contribution < -0.4 is 5.32 Å². The highest BCUT2D eigenvalue weighted by molar-refractivity contribution is 7.13. The van der Waals surface area contributed by atoms with Crippen molar-refractivity contribution >= 4 is 34.9 Å². The number of amides is 1. The first-order valence-corrected chi connectivity index (χ1v) is 8.26. The lowest BCUT2D eigenvalue weighted by Crippen LogP contribution is -2.17. The molecule has 3 N–H and O–H groups in total. The highest BCUT2D eigenvalue weighted by Crippen LogP contribution is 2.29. The second kappa shape index (κ2) is 7.02. The number of aromatic nitrogens is 1. The van der Waals surface area contributed by atoms with Crippen molar-refractivity contribution in [3.8, 4) is 0 Å². The fraction of sp³-hybridized carbons (Fsp3) is 0.294. The fourth-order valence-corrected chi connectivity index (χ4v) is 2.99. The average Bonchev–Trinajstić information content (AvgIpc) is 2.91. The van der Waals surface area contributed by atoms with E-state index in [-0.39, 0.29) is 28.0 Å². The van der Waals surface area contributed by atoms with E-state index in [2.05, 4.69) is 10.3 Å². The summed E-state index contributed by atoms with van der Waals surface area (Å²) in [6.45, 7) is 5.77. The summed E-state index contributed by atoms with van der Waals surface area (Å²) >= 11 is 1.07. The van der Waals surface area contributed by atoms with E-state index in [1.165, 1.54) is 24.3 Å². The third kappa shape index (κ3) is 4.63. The van der Waals surface area contributed by atoms with E-state index in [4.69, 9.17) is 5.11 Å². The number of carboxylic acids is 2. The number of hydrogen-bond acceptors (Lipinski definition) is 5. The summed E-state index contributed by atoms with van der Waals surface area (Å²) in [6, 6.07) is 5.70. The molecule has 0 atom stereocenters. The van der Waals surface area contributed by atoms with Gasteiger partial charge in [0.1, 0.15) is 4.88 Å². The lowest BCUT2D eigenvalue weighted by Gasteiger charge is -2.13. The van der Waals surface area contributed by atoms with Gasteiger partial charge in [-0.1, -0.05) is 20.8 Å². The van der Waals surface area contributed by atoms with E-state index in [0.29, 0.717) is 10.7 Å². The van der Waals surface area contributed by atoms with Crippen LogP contribution in [-0.4, -0.2) is 33.0 Å². The van der Waals surface area contributed by atoms with Gasteiger partial charge < -0.3 is 15.5 Å². The summed E-state index contributed by atoms with van der Waals surface area (Å²) in [4.78, 5) is 38.8. The van der Waals surface area contributed by atoms with Gasteiger partial charge in [-0.25, -0.2) is 14.6 Å². The normalized spacial score (nSPS) is 11.2. The smallest absolute Gasteiger partial charge is 0.347 e. The standard InChI is InChI=1S/C17H18N2O5S/c1-17(2,3)16-19-11(13(25-16)15(23)24)8-12(20)18-10-6-4-9(5-7-10)14(21)22/h4-7H,8H2,1-3H3,(H,18,20)(H,21,22)(H,23,24). The number of thiazole rings is 1. The van der Waals surface area contributed by atoms with Crippen LogP contribution in [0.1, 0.15) is 51.5 Å². The van der Waals surface area contributed by atoms with Crippen LogP contribution in [0.3, 0.4) is 0 Å². The Morgan fingerprint density at radius 1 is 1.08 bits per heavy atom. The van der Waals surface area contributed by atoms with Crippen molar-refractivity contribution in [1.29, 1.82) is 0 Å². The van der Waals surface area contributed by atoms with Gasteiger partial charge >= 0.3 is 11.9 Å². The lowest BCUT2D eigenvalue weighted by molar-refractivity contribution is -0.115. The maximum absolute atomic E-state index is 12.2. The molecular weight excluding hydrogens is 344 g/mol. The monoisotopic (exact) mass is 362 g/mol. The van der Waals surface area contributed by atoms with Gasteiger partial charge in [0.15, 0.2) is 0 Å². The van der Waals surface area contributed by atoms with Crippen LogP contribution in [0.2, 0.25) is 0 Å². The van der Waals surface area contributed by atoms with E-state index in [1.807, 2.05) is 20.8 Å². The second-order valence-corrected chi connectivity index (χ2v) is 7.46. The van der Waals surface area contributed by atoms with Gasteiger partial charge in [-0.15, -0.1) is 11.3 Å². The molecule has 0 unspecified atom stereocenters. The molecule has 2 rings (SSSR count). The van der Waals surface area contributed by atoms with Crippen LogP contribution in [0.25, 0.3) is 0 Å². The first-order valence-electron chi connectivity index (χ1n) is 7.44. The minimum absolute atomic E-state index is 0.0568. The second-order valence-electron chi connectivity index (χ2n) is 6.46. The maximum atomic E-state index is 12.2. The molecule has 0 saturated heterocycles. The molecule has 8 heteroatoms. The topological polar surface area (TPSA) is 117 Å². The summed E-state index contributed by atoms with van der Waals surface area (Å²) in [7, 11) is 0. The Balaban J connectivity index is 2.15. The third-order valence-corrected chi connectivity index (χ3v) is 4.79. The predicted molar refractivity (Wildman–Crippen MR) is 93.5 cm³/mol. The van der Waals surface area contributed by atoms with Crippen LogP contribution in [0.4, 0.5) is 5.69 Å². The van der Waals surface area contributed by atoms with Gasteiger partial charge in [-0.3, -0.25) is 4.79 Å². The van der Waals surface area contributed by atoms with Gasteiger partial charge in [-0.05, 0) is 24.3 Å². The van der Waals surface area contributed by atoms with E-state index in [1.54, 1.807) is 0 Å². The third-order valence-electron chi connectivity index (χ3n) is 3.28. The molecule has 0 radical (unpaired) electrons. The molecule has 0 spiro atoms. The number of carbonyl (C=O) groups is 3. The number of carbonyl (C=O) groups excluding carboxylic acids is 1. The molecule has 0 aliphatic heterocycles. The molecule has 2 aromatic rings. The minimum atomic E-state index is -1.11. The highest BCUT2D eigenvalue weighted by atomic mass is 32.1. The lowest BCUT2D eigenvalue weighted by atomic mass is 9.98. The van der Waals surface area contributed by atoms with Crippen molar-refractivity contribution in [3.63, 3.8) is 0 Å². The van der Waals surface area contributed by atoms with Gasteiger partial charge in [0, 0.05) is 11.1 Å². The van der Waals surface area contributed by atoms with E-state index in [0.717, 1.165) is 11.3 Å². The molecule has 0 fully saturated rings. The first kappa shape index (κ1) is 18.6. The maximum Gasteiger partial charge on any atom is 0.347 e. The number of carboxylic acid groups (broad SMARTS) is 2. The predicted octanol–water partition coefficient (Wildman–Crippen LogP) is 3.02. The Labute approximate surface area is 148 Å². The Bertz CT molecular complexity index is 819. The van der Waals surface area contributed by atoms with E-state index in [9.17, 15) is 19.5 Å². The van der Waals surface area contributed by atoms with Gasteiger partial charge in [0.25, 0.3) is 0 Å².